The minimum Gasteiger partial charge on any atom is -0.212 e. The third kappa shape index (κ3) is 2.26. The summed E-state index contributed by atoms with van der Waals surface area (Å²) in [5.41, 5.74) is 0.393. The van der Waals surface area contributed by atoms with Gasteiger partial charge in [0.15, 0.2) is 0 Å². The van der Waals surface area contributed by atoms with E-state index in [4.69, 9.17) is 10.7 Å². The molecule has 16 heavy (non-hydrogen) atoms. The molecule has 0 aliphatic heterocycles. The lowest BCUT2D eigenvalue weighted by molar-refractivity contribution is 0.579. The molecule has 1 saturated carbocycles. The summed E-state index contributed by atoms with van der Waals surface area (Å²) in [6, 6.07) is 4.60. The van der Waals surface area contributed by atoms with Crippen LogP contribution in [-0.2, 0) is 15.5 Å². The molecular formula is C10H9BrClFO2S. The van der Waals surface area contributed by atoms with Crippen molar-refractivity contribution in [3.8, 4) is 0 Å². The second-order valence-corrected chi connectivity index (χ2v) is 7.91. The highest BCUT2D eigenvalue weighted by atomic mass is 79.9. The third-order valence-electron chi connectivity index (χ3n) is 2.85. The number of hydrogen-bond acceptors (Lipinski definition) is 2. The summed E-state index contributed by atoms with van der Waals surface area (Å²) >= 11 is 3.15. The molecule has 0 saturated heterocycles. The van der Waals surface area contributed by atoms with Gasteiger partial charge in [-0.15, -0.1) is 0 Å². The van der Waals surface area contributed by atoms with Gasteiger partial charge in [-0.3, -0.25) is 0 Å². The quantitative estimate of drug-likeness (QED) is 0.799. The molecule has 1 fully saturated rings. The topological polar surface area (TPSA) is 34.1 Å². The van der Waals surface area contributed by atoms with Crippen molar-refractivity contribution in [2.24, 2.45) is 0 Å². The summed E-state index contributed by atoms with van der Waals surface area (Å²) in [7, 11) is 1.74. The first-order valence-corrected chi connectivity index (χ1v) is 7.82. The van der Waals surface area contributed by atoms with Gasteiger partial charge in [0.25, 0.3) is 0 Å². The summed E-state index contributed by atoms with van der Waals surface area (Å²) in [6.45, 7) is 0. The summed E-state index contributed by atoms with van der Waals surface area (Å²) < 4.78 is 35.9. The highest BCUT2D eigenvalue weighted by Crippen LogP contribution is 2.48. The fraction of sp³-hybridized carbons (Fsp3) is 0.400. The van der Waals surface area contributed by atoms with Crippen molar-refractivity contribution in [2.75, 3.05) is 0 Å². The summed E-state index contributed by atoms with van der Waals surface area (Å²) in [4.78, 5) is 0. The van der Waals surface area contributed by atoms with Crippen LogP contribution in [0.5, 0.6) is 0 Å². The van der Waals surface area contributed by atoms with Gasteiger partial charge in [0.1, 0.15) is 5.82 Å². The average molecular weight is 328 g/mol. The maximum absolute atomic E-state index is 13.5. The van der Waals surface area contributed by atoms with Crippen LogP contribution >= 0.6 is 26.6 Å². The smallest absolute Gasteiger partial charge is 0.212 e. The first-order chi connectivity index (χ1) is 7.34. The second-order valence-electron chi connectivity index (χ2n) is 4.03. The molecule has 2 rings (SSSR count). The Morgan fingerprint density at radius 3 is 2.50 bits per heavy atom. The number of benzene rings is 1. The predicted octanol–water partition coefficient (Wildman–Crippen LogP) is 3.23. The van der Waals surface area contributed by atoms with E-state index in [-0.39, 0.29) is 6.42 Å². The van der Waals surface area contributed by atoms with E-state index in [0.29, 0.717) is 22.9 Å². The van der Waals surface area contributed by atoms with E-state index in [2.05, 4.69) is 15.9 Å². The van der Waals surface area contributed by atoms with Gasteiger partial charge in [0, 0.05) is 15.2 Å². The molecule has 1 aliphatic rings. The molecule has 0 spiro atoms. The Morgan fingerprint density at radius 2 is 2.06 bits per heavy atom. The van der Waals surface area contributed by atoms with Crippen LogP contribution in [-0.4, -0.2) is 13.2 Å². The Balaban J connectivity index is 2.29. The van der Waals surface area contributed by atoms with Gasteiger partial charge in [0.05, 0.1) is 4.75 Å². The van der Waals surface area contributed by atoms with Crippen LogP contribution < -0.4 is 0 Å². The van der Waals surface area contributed by atoms with Crippen LogP contribution in [0.25, 0.3) is 0 Å². The number of hydrogen-bond donors (Lipinski definition) is 0. The fourth-order valence-corrected chi connectivity index (χ4v) is 3.54. The standard InChI is InChI=1S/C10H9BrClFO2S/c11-8-2-1-7(9(13)5-8)6-10(3-4-10)16(12,14)15/h1-2,5H,3-4,6H2. The molecule has 0 heterocycles. The van der Waals surface area contributed by atoms with Gasteiger partial charge in [-0.1, -0.05) is 22.0 Å². The molecule has 1 aliphatic carbocycles. The van der Waals surface area contributed by atoms with Crippen LogP contribution in [0.15, 0.2) is 22.7 Å². The Labute approximate surface area is 106 Å². The zero-order chi connectivity index (χ0) is 12.0. The van der Waals surface area contributed by atoms with Crippen LogP contribution in [0, 0.1) is 5.82 Å². The molecule has 88 valence electrons. The van der Waals surface area contributed by atoms with Crippen molar-refractivity contribution in [1.82, 2.24) is 0 Å². The summed E-state index contributed by atoms with van der Waals surface area (Å²) in [5.74, 6) is -0.402. The van der Waals surface area contributed by atoms with Crippen molar-refractivity contribution in [3.05, 3.63) is 34.1 Å². The Hall–Kier alpha value is -0.130. The van der Waals surface area contributed by atoms with Gasteiger partial charge in [-0.2, -0.15) is 0 Å². The van der Waals surface area contributed by atoms with E-state index >= 15 is 0 Å². The zero-order valence-corrected chi connectivity index (χ0v) is 11.4. The number of rotatable bonds is 3. The van der Waals surface area contributed by atoms with Crippen LogP contribution in [0.1, 0.15) is 18.4 Å². The maximum Gasteiger partial charge on any atom is 0.238 e. The molecule has 0 N–H and O–H groups in total. The first kappa shape index (κ1) is 12.3. The molecule has 0 bridgehead atoms. The van der Waals surface area contributed by atoms with Crippen molar-refractivity contribution in [2.45, 2.75) is 24.0 Å². The Bertz CT molecular complexity index is 526. The molecule has 0 unspecified atom stereocenters. The normalized spacial score (nSPS) is 18.4. The summed E-state index contributed by atoms with van der Waals surface area (Å²) in [6.07, 6.45) is 1.17. The van der Waals surface area contributed by atoms with Gasteiger partial charge < -0.3 is 0 Å². The Kier molecular flexibility index (Phi) is 3.05. The van der Waals surface area contributed by atoms with Crippen molar-refractivity contribution in [1.29, 1.82) is 0 Å². The van der Waals surface area contributed by atoms with E-state index in [1.54, 1.807) is 12.1 Å². The highest BCUT2D eigenvalue weighted by Gasteiger charge is 2.53. The second kappa shape index (κ2) is 3.96. The molecule has 0 atom stereocenters. The maximum atomic E-state index is 13.5. The van der Waals surface area contributed by atoms with E-state index < -0.39 is 19.6 Å². The van der Waals surface area contributed by atoms with Crippen LogP contribution in [0.2, 0.25) is 0 Å². The summed E-state index contributed by atoms with van der Waals surface area (Å²) in [5, 5.41) is 0. The lowest BCUT2D eigenvalue weighted by Crippen LogP contribution is -2.21. The molecule has 0 amide bonds. The minimum absolute atomic E-state index is 0.151. The fourth-order valence-electron chi connectivity index (χ4n) is 1.66. The lowest BCUT2D eigenvalue weighted by Gasteiger charge is -2.11. The minimum atomic E-state index is -3.62. The van der Waals surface area contributed by atoms with E-state index in [1.165, 1.54) is 6.07 Å². The highest BCUT2D eigenvalue weighted by molar-refractivity contribution is 9.10. The van der Waals surface area contributed by atoms with Crippen LogP contribution in [0.3, 0.4) is 0 Å². The SMILES string of the molecule is O=S(=O)(Cl)C1(Cc2ccc(Br)cc2F)CC1. The molecule has 2 nitrogen and oxygen atoms in total. The molecule has 1 aromatic rings. The Morgan fingerprint density at radius 1 is 1.44 bits per heavy atom. The van der Waals surface area contributed by atoms with Crippen molar-refractivity contribution < 1.29 is 12.8 Å². The van der Waals surface area contributed by atoms with Gasteiger partial charge >= 0.3 is 0 Å². The van der Waals surface area contributed by atoms with Gasteiger partial charge in [-0.25, -0.2) is 12.8 Å². The lowest BCUT2D eigenvalue weighted by atomic mass is 10.1. The largest absolute Gasteiger partial charge is 0.238 e. The van der Waals surface area contributed by atoms with E-state index in [0.717, 1.165) is 0 Å². The van der Waals surface area contributed by atoms with E-state index in [1.807, 2.05) is 0 Å². The molecule has 1 aromatic carbocycles. The third-order valence-corrected chi connectivity index (χ3v) is 5.91. The van der Waals surface area contributed by atoms with Crippen molar-refractivity contribution in [3.63, 3.8) is 0 Å². The van der Waals surface area contributed by atoms with Gasteiger partial charge in [0.2, 0.25) is 9.05 Å². The molecular weight excluding hydrogens is 319 g/mol. The predicted molar refractivity (Wildman–Crippen MR) is 64.5 cm³/mol. The zero-order valence-electron chi connectivity index (χ0n) is 8.21. The van der Waals surface area contributed by atoms with Crippen molar-refractivity contribution >= 4 is 35.7 Å². The van der Waals surface area contributed by atoms with E-state index in [9.17, 15) is 12.8 Å². The monoisotopic (exact) mass is 326 g/mol. The first-order valence-electron chi connectivity index (χ1n) is 4.72. The van der Waals surface area contributed by atoms with Gasteiger partial charge in [-0.05, 0) is 37.0 Å². The average Bonchev–Trinajstić information content (AvgIpc) is 2.90. The van der Waals surface area contributed by atoms with Crippen LogP contribution in [0.4, 0.5) is 4.39 Å². The number of halogens is 3. The molecule has 0 aromatic heterocycles. The molecule has 6 heteroatoms. The molecule has 0 radical (unpaired) electrons.